The fourth-order valence-corrected chi connectivity index (χ4v) is 2.48. The number of hydrogen-bond acceptors (Lipinski definition) is 1. The topological polar surface area (TPSA) is 12.0 Å². The Labute approximate surface area is 124 Å². The normalized spacial score (nSPS) is 14.0. The van der Waals surface area contributed by atoms with Crippen LogP contribution >= 0.6 is 11.6 Å². The van der Waals surface area contributed by atoms with Crippen LogP contribution in [0.15, 0.2) is 48.5 Å². The van der Waals surface area contributed by atoms with Crippen molar-refractivity contribution in [3.63, 3.8) is 0 Å². The summed E-state index contributed by atoms with van der Waals surface area (Å²) in [6, 6.07) is 15.1. The number of hydrogen-bond donors (Lipinski definition) is 1. The van der Waals surface area contributed by atoms with Crippen LogP contribution in [0.2, 0.25) is 5.02 Å². The van der Waals surface area contributed by atoms with Gasteiger partial charge in [0, 0.05) is 17.1 Å². The van der Waals surface area contributed by atoms with Gasteiger partial charge >= 0.3 is 0 Å². The molecule has 0 saturated carbocycles. The minimum atomic E-state index is -0.180. The number of nitrogens with one attached hydrogen (secondary N) is 1. The molecule has 0 aliphatic carbocycles. The maximum absolute atomic E-state index is 13.1. The molecular formula is C17H19ClFN. The van der Waals surface area contributed by atoms with E-state index in [4.69, 9.17) is 11.6 Å². The molecule has 2 atom stereocenters. The molecule has 0 aliphatic heterocycles. The van der Waals surface area contributed by atoms with Crippen LogP contribution in [-0.2, 0) is 6.42 Å². The van der Waals surface area contributed by atoms with E-state index in [1.165, 1.54) is 11.6 Å². The quantitative estimate of drug-likeness (QED) is 0.837. The zero-order valence-electron chi connectivity index (χ0n) is 11.7. The molecule has 0 radical (unpaired) electrons. The van der Waals surface area contributed by atoms with E-state index in [1.807, 2.05) is 30.3 Å². The Hall–Kier alpha value is -1.38. The van der Waals surface area contributed by atoms with E-state index in [0.717, 1.165) is 17.0 Å². The zero-order valence-corrected chi connectivity index (χ0v) is 12.5. The van der Waals surface area contributed by atoms with Crippen molar-refractivity contribution in [3.8, 4) is 0 Å². The monoisotopic (exact) mass is 291 g/mol. The van der Waals surface area contributed by atoms with Crippen LogP contribution in [0.25, 0.3) is 0 Å². The largest absolute Gasteiger partial charge is 0.307 e. The maximum atomic E-state index is 13.1. The Morgan fingerprint density at radius 2 is 1.80 bits per heavy atom. The average Bonchev–Trinajstić information content (AvgIpc) is 2.39. The highest BCUT2D eigenvalue weighted by atomic mass is 35.5. The summed E-state index contributed by atoms with van der Waals surface area (Å²) in [6.45, 7) is 4.22. The molecule has 2 aromatic rings. The first kappa shape index (κ1) is 15.0. The van der Waals surface area contributed by atoms with Gasteiger partial charge in [-0.1, -0.05) is 35.9 Å². The summed E-state index contributed by atoms with van der Waals surface area (Å²) < 4.78 is 13.1. The van der Waals surface area contributed by atoms with E-state index < -0.39 is 0 Å². The van der Waals surface area contributed by atoms with Crippen molar-refractivity contribution in [3.05, 3.63) is 70.5 Å². The lowest BCUT2D eigenvalue weighted by Crippen LogP contribution is -2.30. The fraction of sp³-hybridized carbons (Fsp3) is 0.294. The fourth-order valence-electron chi connectivity index (χ4n) is 2.35. The summed E-state index contributed by atoms with van der Waals surface area (Å²) in [5.74, 6) is -0.180. The highest BCUT2D eigenvalue weighted by molar-refractivity contribution is 6.30. The second-order valence-electron chi connectivity index (χ2n) is 5.17. The third-order valence-electron chi connectivity index (χ3n) is 3.34. The number of benzene rings is 2. The third kappa shape index (κ3) is 4.32. The molecule has 0 aromatic heterocycles. The lowest BCUT2D eigenvalue weighted by molar-refractivity contribution is 0.476. The molecular weight excluding hydrogens is 273 g/mol. The van der Waals surface area contributed by atoms with Gasteiger partial charge in [-0.15, -0.1) is 0 Å². The standard InChI is InChI=1S/C17H19ClFN/c1-12(10-14-4-3-5-17(19)11-14)20-13(2)15-6-8-16(18)9-7-15/h3-9,11-13,20H,10H2,1-2H3/t12?,13-/m0/s1. The van der Waals surface area contributed by atoms with Gasteiger partial charge in [-0.2, -0.15) is 0 Å². The van der Waals surface area contributed by atoms with Crippen molar-refractivity contribution in [2.45, 2.75) is 32.4 Å². The summed E-state index contributed by atoms with van der Waals surface area (Å²) in [5.41, 5.74) is 2.20. The molecule has 1 unspecified atom stereocenters. The van der Waals surface area contributed by atoms with E-state index >= 15 is 0 Å². The first-order chi connectivity index (χ1) is 9.54. The molecule has 0 aliphatic rings. The zero-order chi connectivity index (χ0) is 14.5. The van der Waals surface area contributed by atoms with E-state index in [0.29, 0.717) is 0 Å². The minimum Gasteiger partial charge on any atom is -0.307 e. The van der Waals surface area contributed by atoms with Crippen molar-refractivity contribution in [1.29, 1.82) is 0 Å². The molecule has 0 fully saturated rings. The number of halogens is 2. The second kappa shape index (κ2) is 6.87. The van der Waals surface area contributed by atoms with Gasteiger partial charge in [-0.25, -0.2) is 4.39 Å². The summed E-state index contributed by atoms with van der Waals surface area (Å²) >= 11 is 5.89. The predicted molar refractivity (Wildman–Crippen MR) is 82.6 cm³/mol. The molecule has 0 heterocycles. The van der Waals surface area contributed by atoms with E-state index in [9.17, 15) is 4.39 Å². The summed E-state index contributed by atoms with van der Waals surface area (Å²) in [4.78, 5) is 0. The molecule has 0 spiro atoms. The van der Waals surface area contributed by atoms with Gasteiger partial charge < -0.3 is 5.32 Å². The average molecular weight is 292 g/mol. The van der Waals surface area contributed by atoms with Crippen LogP contribution in [0, 0.1) is 5.82 Å². The Balaban J connectivity index is 1.93. The smallest absolute Gasteiger partial charge is 0.123 e. The molecule has 106 valence electrons. The molecule has 1 N–H and O–H groups in total. The lowest BCUT2D eigenvalue weighted by Gasteiger charge is -2.20. The summed E-state index contributed by atoms with van der Waals surface area (Å²) in [7, 11) is 0. The summed E-state index contributed by atoms with van der Waals surface area (Å²) in [5, 5.41) is 4.26. The Bertz CT molecular complexity index is 553. The van der Waals surface area contributed by atoms with Crippen molar-refractivity contribution in [2.75, 3.05) is 0 Å². The van der Waals surface area contributed by atoms with E-state index in [2.05, 4.69) is 19.2 Å². The van der Waals surface area contributed by atoms with Crippen LogP contribution in [0.4, 0.5) is 4.39 Å². The molecule has 2 rings (SSSR count). The van der Waals surface area contributed by atoms with E-state index in [-0.39, 0.29) is 17.9 Å². The second-order valence-corrected chi connectivity index (χ2v) is 5.61. The first-order valence-corrected chi connectivity index (χ1v) is 7.18. The van der Waals surface area contributed by atoms with Gasteiger partial charge in [-0.3, -0.25) is 0 Å². The molecule has 2 aromatic carbocycles. The Morgan fingerprint density at radius 3 is 2.45 bits per heavy atom. The van der Waals surface area contributed by atoms with Crippen molar-refractivity contribution >= 4 is 11.6 Å². The highest BCUT2D eigenvalue weighted by Crippen LogP contribution is 2.17. The minimum absolute atomic E-state index is 0.180. The maximum Gasteiger partial charge on any atom is 0.123 e. The third-order valence-corrected chi connectivity index (χ3v) is 3.59. The first-order valence-electron chi connectivity index (χ1n) is 6.80. The molecule has 0 bridgehead atoms. The lowest BCUT2D eigenvalue weighted by atomic mass is 10.0. The van der Waals surface area contributed by atoms with Gasteiger partial charge in [0.25, 0.3) is 0 Å². The molecule has 1 nitrogen and oxygen atoms in total. The Morgan fingerprint density at radius 1 is 1.10 bits per heavy atom. The van der Waals surface area contributed by atoms with Crippen LogP contribution < -0.4 is 5.32 Å². The molecule has 20 heavy (non-hydrogen) atoms. The highest BCUT2D eigenvalue weighted by Gasteiger charge is 2.10. The molecule has 3 heteroatoms. The van der Waals surface area contributed by atoms with Gasteiger partial charge in [-0.05, 0) is 55.7 Å². The predicted octanol–water partition coefficient (Wildman–Crippen LogP) is 4.76. The van der Waals surface area contributed by atoms with Crippen molar-refractivity contribution in [2.24, 2.45) is 0 Å². The number of rotatable bonds is 5. The summed E-state index contributed by atoms with van der Waals surface area (Å²) in [6.07, 6.45) is 0.801. The van der Waals surface area contributed by atoms with Gasteiger partial charge in [0.2, 0.25) is 0 Å². The van der Waals surface area contributed by atoms with Gasteiger partial charge in [0.15, 0.2) is 0 Å². The van der Waals surface area contributed by atoms with Crippen LogP contribution in [-0.4, -0.2) is 6.04 Å². The van der Waals surface area contributed by atoms with Gasteiger partial charge in [0.05, 0.1) is 0 Å². The molecule has 0 amide bonds. The van der Waals surface area contributed by atoms with E-state index in [1.54, 1.807) is 12.1 Å². The van der Waals surface area contributed by atoms with Crippen LogP contribution in [0.5, 0.6) is 0 Å². The van der Waals surface area contributed by atoms with Crippen LogP contribution in [0.3, 0.4) is 0 Å². The SMILES string of the molecule is CC(Cc1cccc(F)c1)N[C@@H](C)c1ccc(Cl)cc1. The molecule has 0 saturated heterocycles. The Kier molecular flexibility index (Phi) is 5.16. The van der Waals surface area contributed by atoms with Crippen molar-refractivity contribution in [1.82, 2.24) is 5.32 Å². The van der Waals surface area contributed by atoms with Crippen molar-refractivity contribution < 1.29 is 4.39 Å². The van der Waals surface area contributed by atoms with Crippen LogP contribution in [0.1, 0.15) is 31.0 Å². The van der Waals surface area contributed by atoms with Gasteiger partial charge in [0.1, 0.15) is 5.82 Å².